The Balaban J connectivity index is 0.000000364. The molecule has 1 fully saturated rings. The summed E-state index contributed by atoms with van der Waals surface area (Å²) < 4.78 is 0. The molecule has 176 valence electrons. The van der Waals surface area contributed by atoms with Gasteiger partial charge in [0.15, 0.2) is 5.78 Å². The molecule has 2 aliphatic heterocycles. The second-order valence-electron chi connectivity index (χ2n) is 8.31. The Hall–Kier alpha value is -1.77. The van der Waals surface area contributed by atoms with Crippen LogP contribution in [0.25, 0.3) is 0 Å². The average molecular weight is 614 g/mol. The van der Waals surface area contributed by atoms with Gasteiger partial charge in [-0.25, -0.2) is 6.29 Å². The number of benzene rings is 1. The molecule has 0 bridgehead atoms. The molecule has 4 N–H and O–H groups in total. The molecule has 10 heteroatoms. The molecule has 0 aliphatic carbocycles. The number of ketones is 1. The number of amides is 2. The first kappa shape index (κ1) is 28.3. The van der Waals surface area contributed by atoms with Gasteiger partial charge in [-0.05, 0) is 70.7 Å². The normalized spacial score (nSPS) is 17.3. The number of likely N-dealkylation sites (tertiary alicyclic amines) is 1. The van der Waals surface area contributed by atoms with Crippen LogP contribution in [0.2, 0.25) is 0 Å². The van der Waals surface area contributed by atoms with Gasteiger partial charge in [-0.1, -0.05) is 18.7 Å². The summed E-state index contributed by atoms with van der Waals surface area (Å²) in [7, 11) is 3.74. The molecule has 0 radical (unpaired) electrons. The predicted octanol–water partition coefficient (Wildman–Crippen LogP) is -0.493. The van der Waals surface area contributed by atoms with Crippen LogP contribution in [0.15, 0.2) is 24.3 Å². The van der Waals surface area contributed by atoms with Crippen molar-refractivity contribution in [3.63, 3.8) is 0 Å². The SMILES string of the molecule is CN(C[C-]=O)CC(=O)CN1C(=O)c2ccccc2C1=O.CN1CCC(CN)(CN)CC1.[W]. The number of piperidine rings is 1. The van der Waals surface area contributed by atoms with Crippen molar-refractivity contribution < 1.29 is 40.2 Å². The zero-order valence-corrected chi connectivity index (χ0v) is 21.6. The van der Waals surface area contributed by atoms with Crippen molar-refractivity contribution in [1.29, 1.82) is 0 Å². The number of hydrogen-bond donors (Lipinski definition) is 2. The van der Waals surface area contributed by atoms with Crippen LogP contribution in [0.1, 0.15) is 33.6 Å². The molecule has 1 saturated heterocycles. The van der Waals surface area contributed by atoms with E-state index in [1.54, 1.807) is 37.6 Å². The molecule has 2 amide bonds. The number of hydrogen-bond acceptors (Lipinski definition) is 8. The van der Waals surface area contributed by atoms with Gasteiger partial charge in [0.1, 0.15) is 0 Å². The fourth-order valence-electron chi connectivity index (χ4n) is 3.66. The van der Waals surface area contributed by atoms with Crippen LogP contribution in [0.3, 0.4) is 0 Å². The summed E-state index contributed by atoms with van der Waals surface area (Å²) in [5.74, 6) is -1.22. The third kappa shape index (κ3) is 7.12. The molecule has 0 saturated carbocycles. The van der Waals surface area contributed by atoms with Gasteiger partial charge in [0, 0.05) is 21.1 Å². The number of nitrogens with two attached hydrogens (primary N) is 2. The van der Waals surface area contributed by atoms with Crippen molar-refractivity contribution in [2.45, 2.75) is 12.8 Å². The number of likely N-dealkylation sites (N-methyl/N-ethyl adjacent to an activating group) is 1. The van der Waals surface area contributed by atoms with E-state index in [-0.39, 0.29) is 51.9 Å². The molecule has 1 aromatic rings. The maximum absolute atomic E-state index is 12.0. The molecule has 1 aromatic carbocycles. The van der Waals surface area contributed by atoms with E-state index in [2.05, 4.69) is 11.9 Å². The minimum absolute atomic E-state index is 0. The summed E-state index contributed by atoms with van der Waals surface area (Å²) in [4.78, 5) is 50.8. The summed E-state index contributed by atoms with van der Waals surface area (Å²) >= 11 is 0. The van der Waals surface area contributed by atoms with E-state index in [0.717, 1.165) is 43.9 Å². The van der Waals surface area contributed by atoms with Gasteiger partial charge < -0.3 is 26.1 Å². The molecule has 3 rings (SSSR count). The van der Waals surface area contributed by atoms with Crippen LogP contribution in [0.5, 0.6) is 0 Å². The monoisotopic (exact) mass is 614 g/mol. The minimum atomic E-state index is -0.455. The van der Waals surface area contributed by atoms with Crippen molar-refractivity contribution in [3.8, 4) is 0 Å². The maximum atomic E-state index is 12.0. The Morgan fingerprint density at radius 1 is 1.09 bits per heavy atom. The molecule has 0 unspecified atom stereocenters. The molecule has 9 nitrogen and oxygen atoms in total. The number of nitrogens with zero attached hydrogens (tertiary/aromatic N) is 3. The summed E-state index contributed by atoms with van der Waals surface area (Å²) in [6, 6.07) is 6.47. The minimum Gasteiger partial charge on any atom is -0.541 e. The fraction of sp³-hybridized carbons (Fsp3) is 0.545. The molecule has 0 aromatic heterocycles. The topological polar surface area (TPSA) is 130 Å². The third-order valence-electron chi connectivity index (χ3n) is 5.91. The van der Waals surface area contributed by atoms with E-state index in [1.165, 1.54) is 4.90 Å². The number of carbonyl (C=O) groups excluding carboxylic acids is 4. The van der Waals surface area contributed by atoms with Crippen LogP contribution in [0, 0.1) is 5.41 Å². The second-order valence-corrected chi connectivity index (χ2v) is 8.31. The Bertz CT molecular complexity index is 770. The Kier molecular flexibility index (Phi) is 11.5. The zero-order valence-electron chi connectivity index (χ0n) is 18.7. The van der Waals surface area contributed by atoms with Crippen LogP contribution in [-0.4, -0.2) is 98.5 Å². The smallest absolute Gasteiger partial charge is 0.261 e. The molecule has 2 aliphatic rings. The number of rotatable bonds is 8. The second kappa shape index (κ2) is 13.1. The van der Waals surface area contributed by atoms with Crippen molar-refractivity contribution in [2.75, 3.05) is 59.9 Å². The van der Waals surface area contributed by atoms with Crippen LogP contribution >= 0.6 is 0 Å². The molecule has 0 spiro atoms. The van der Waals surface area contributed by atoms with Gasteiger partial charge in [0.2, 0.25) is 0 Å². The summed E-state index contributed by atoms with van der Waals surface area (Å²) in [6.07, 6.45) is 4.00. The Morgan fingerprint density at radius 2 is 1.59 bits per heavy atom. The number of carbonyl (C=O) groups is 3. The van der Waals surface area contributed by atoms with Crippen molar-refractivity contribution in [1.82, 2.24) is 14.7 Å². The first-order valence-corrected chi connectivity index (χ1v) is 10.4. The Labute approximate surface area is 203 Å². The summed E-state index contributed by atoms with van der Waals surface area (Å²) in [6.45, 7) is 3.50. The average Bonchev–Trinajstić information content (AvgIpc) is 3.00. The summed E-state index contributed by atoms with van der Waals surface area (Å²) in [5, 5.41) is 0. The van der Waals surface area contributed by atoms with Crippen molar-refractivity contribution >= 4 is 23.9 Å². The first-order valence-electron chi connectivity index (χ1n) is 10.4. The number of fused-ring (bicyclic) bond motifs is 1. The Morgan fingerprint density at radius 3 is 2.03 bits per heavy atom. The van der Waals surface area contributed by atoms with E-state index in [1.807, 2.05) is 0 Å². The van der Waals surface area contributed by atoms with E-state index in [9.17, 15) is 19.2 Å². The molecule has 32 heavy (non-hydrogen) atoms. The van der Waals surface area contributed by atoms with E-state index < -0.39 is 11.8 Å². The number of Topliss-reactive ketones (excluding diaryl/α,β-unsaturated/α-hetero) is 1. The van der Waals surface area contributed by atoms with Crippen LogP contribution < -0.4 is 11.5 Å². The van der Waals surface area contributed by atoms with Gasteiger partial charge in [-0.15, -0.1) is 0 Å². The molecular formula is C22H32N5O4W-. The largest absolute Gasteiger partial charge is 0.541 e. The van der Waals surface area contributed by atoms with Gasteiger partial charge >= 0.3 is 0 Å². The van der Waals surface area contributed by atoms with E-state index in [0.29, 0.717) is 11.1 Å². The maximum Gasteiger partial charge on any atom is 0.261 e. The molecule has 2 heterocycles. The molecular weight excluding hydrogens is 582 g/mol. The third-order valence-corrected chi connectivity index (χ3v) is 5.91. The zero-order chi connectivity index (χ0) is 23.0. The van der Waals surface area contributed by atoms with E-state index >= 15 is 0 Å². The fourth-order valence-corrected chi connectivity index (χ4v) is 3.66. The van der Waals surface area contributed by atoms with Crippen LogP contribution in [0.4, 0.5) is 0 Å². The van der Waals surface area contributed by atoms with Gasteiger partial charge in [-0.2, -0.15) is 0 Å². The van der Waals surface area contributed by atoms with Gasteiger partial charge in [0.25, 0.3) is 11.8 Å². The van der Waals surface area contributed by atoms with Crippen molar-refractivity contribution in [3.05, 3.63) is 35.4 Å². The number of imide groups is 1. The van der Waals surface area contributed by atoms with Crippen molar-refractivity contribution in [2.24, 2.45) is 16.9 Å². The van der Waals surface area contributed by atoms with Crippen LogP contribution in [-0.2, 0) is 30.7 Å². The quantitative estimate of drug-likeness (QED) is 0.297. The summed E-state index contributed by atoms with van der Waals surface area (Å²) in [5.41, 5.74) is 12.3. The first-order chi connectivity index (χ1) is 14.8. The van der Waals surface area contributed by atoms with Gasteiger partial charge in [0.05, 0.1) is 24.2 Å². The van der Waals surface area contributed by atoms with E-state index in [4.69, 9.17) is 11.5 Å². The predicted molar refractivity (Wildman–Crippen MR) is 117 cm³/mol. The standard InChI is InChI=1S/C14H13N2O4.C8H19N3.W/c1-15(6-7-17)8-10(18)9-16-13(19)11-4-2-3-5-12(11)14(16)20;1-11-4-2-8(6-9,7-10)3-5-11;/h2-5H,6,8-9H2,1H3;2-7,9-10H2,1H3;/q-1;;. The van der Waals surface area contributed by atoms with Gasteiger partial charge in [-0.3, -0.25) is 19.3 Å². The molecule has 0 atom stereocenters.